The number of benzene rings is 2. The predicted molar refractivity (Wildman–Crippen MR) is 132 cm³/mol. The highest BCUT2D eigenvalue weighted by atomic mass is 32.1. The number of rotatable bonds is 8. The van der Waals surface area contributed by atoms with Gasteiger partial charge in [0.25, 0.3) is 5.56 Å². The van der Waals surface area contributed by atoms with E-state index in [4.69, 9.17) is 9.47 Å². The smallest absolute Gasteiger partial charge is 0.393 e. The Kier molecular flexibility index (Phi) is 7.25. The van der Waals surface area contributed by atoms with Gasteiger partial charge in [0.05, 0.1) is 31.4 Å². The summed E-state index contributed by atoms with van der Waals surface area (Å²) in [6.07, 6.45) is 0.623. The Bertz CT molecular complexity index is 1410. The number of fused-ring (bicyclic) bond motifs is 1. The van der Waals surface area contributed by atoms with E-state index in [0.717, 1.165) is 12.0 Å². The molecule has 182 valence electrons. The van der Waals surface area contributed by atoms with Crippen molar-refractivity contribution in [3.8, 4) is 22.6 Å². The summed E-state index contributed by atoms with van der Waals surface area (Å²) < 4.78 is 51.1. The third-order valence-corrected chi connectivity index (χ3v) is 6.00. The second-order valence-corrected chi connectivity index (χ2v) is 8.66. The molecule has 4 rings (SSSR count). The van der Waals surface area contributed by atoms with Gasteiger partial charge in [0.2, 0.25) is 0 Å². The van der Waals surface area contributed by atoms with Crippen molar-refractivity contribution >= 4 is 28.4 Å². The van der Waals surface area contributed by atoms with Crippen LogP contribution in [-0.2, 0) is 6.42 Å². The monoisotopic (exact) mass is 500 g/mol. The van der Waals surface area contributed by atoms with Gasteiger partial charge in [0.15, 0.2) is 16.5 Å². The summed E-state index contributed by atoms with van der Waals surface area (Å²) in [7, 11) is 1.56. The molecule has 0 aliphatic heterocycles. The predicted octanol–water partition coefficient (Wildman–Crippen LogP) is 6.50. The molecule has 0 saturated carbocycles. The molecule has 4 aromatic rings. The van der Waals surface area contributed by atoms with Gasteiger partial charge in [0.1, 0.15) is 0 Å². The quantitative estimate of drug-likeness (QED) is 0.277. The summed E-state index contributed by atoms with van der Waals surface area (Å²) in [5.41, 5.74) is 1.77. The van der Waals surface area contributed by atoms with E-state index in [9.17, 15) is 18.0 Å². The van der Waals surface area contributed by atoms with Gasteiger partial charge in [-0.2, -0.15) is 13.2 Å². The van der Waals surface area contributed by atoms with Crippen LogP contribution >= 0.6 is 11.3 Å². The third kappa shape index (κ3) is 5.57. The molecule has 0 bridgehead atoms. The number of aromatic nitrogens is 2. The first-order valence-corrected chi connectivity index (χ1v) is 11.8. The molecule has 35 heavy (non-hydrogen) atoms. The third-order valence-electron chi connectivity index (χ3n) is 5.24. The second-order valence-electron chi connectivity index (χ2n) is 7.78. The maximum Gasteiger partial charge on any atom is 0.393 e. The minimum absolute atomic E-state index is 0.122. The molecular weight excluding hydrogens is 477 g/mol. The first-order chi connectivity index (χ1) is 16.8. The first kappa shape index (κ1) is 24.5. The highest BCUT2D eigenvalue weighted by molar-refractivity contribution is 7.15. The largest absolute Gasteiger partial charge is 0.493 e. The normalized spacial score (nSPS) is 11.9. The molecule has 2 heterocycles. The number of halogens is 3. The number of nitrogens with zero attached hydrogens (tertiary/aromatic N) is 2. The van der Waals surface area contributed by atoms with E-state index in [1.54, 1.807) is 36.9 Å². The fourth-order valence-corrected chi connectivity index (χ4v) is 4.37. The van der Waals surface area contributed by atoms with Gasteiger partial charge < -0.3 is 9.47 Å². The Balaban J connectivity index is 1.80. The number of ether oxygens (including phenoxy) is 2. The molecule has 0 N–H and O–H groups in total. The Morgan fingerprint density at radius 2 is 1.89 bits per heavy atom. The van der Waals surface area contributed by atoms with Crippen LogP contribution in [0.15, 0.2) is 58.8 Å². The van der Waals surface area contributed by atoms with Crippen LogP contribution in [0.25, 0.3) is 28.2 Å². The molecule has 9 heteroatoms. The van der Waals surface area contributed by atoms with Crippen molar-refractivity contribution in [2.24, 2.45) is 0 Å². The molecule has 2 aromatic heterocycles. The summed E-state index contributed by atoms with van der Waals surface area (Å²) >= 11 is 1.32. The number of hydrogen-bond acceptors (Lipinski definition) is 5. The van der Waals surface area contributed by atoms with Crippen molar-refractivity contribution in [3.05, 3.63) is 81.2 Å². The van der Waals surface area contributed by atoms with E-state index in [0.29, 0.717) is 39.9 Å². The molecule has 5 nitrogen and oxygen atoms in total. The average molecular weight is 501 g/mol. The first-order valence-electron chi connectivity index (χ1n) is 10.9. The SMILES string of the molecule is CCCOc1c(/C=C/c2nc3sccn3c(=O)c2-c2ccc(CC(F)(F)F)cc2)cccc1OC. The number of para-hydroxylation sites is 1. The average Bonchev–Trinajstić information content (AvgIpc) is 3.30. The number of hydrogen-bond donors (Lipinski definition) is 0. The van der Waals surface area contributed by atoms with E-state index in [-0.39, 0.29) is 11.1 Å². The molecule has 0 aliphatic carbocycles. The number of methoxy groups -OCH3 is 1. The molecule has 0 amide bonds. The molecular formula is C26H23F3N2O3S. The maximum absolute atomic E-state index is 13.3. The van der Waals surface area contributed by atoms with E-state index in [1.807, 2.05) is 19.1 Å². The minimum atomic E-state index is -4.31. The van der Waals surface area contributed by atoms with E-state index in [2.05, 4.69) is 4.98 Å². The molecule has 0 aliphatic rings. The van der Waals surface area contributed by atoms with E-state index < -0.39 is 12.6 Å². The molecule has 0 atom stereocenters. The van der Waals surface area contributed by atoms with Gasteiger partial charge in [-0.15, -0.1) is 11.3 Å². The van der Waals surface area contributed by atoms with Crippen LogP contribution in [0, 0.1) is 0 Å². The molecule has 0 spiro atoms. The van der Waals surface area contributed by atoms with Gasteiger partial charge in [-0.3, -0.25) is 9.20 Å². The Labute approximate surface area is 204 Å². The lowest BCUT2D eigenvalue weighted by Crippen LogP contribution is -2.17. The minimum Gasteiger partial charge on any atom is -0.493 e. The number of thiazole rings is 1. The van der Waals surface area contributed by atoms with Crippen molar-refractivity contribution in [1.29, 1.82) is 0 Å². The van der Waals surface area contributed by atoms with Crippen molar-refractivity contribution in [2.45, 2.75) is 25.9 Å². The lowest BCUT2D eigenvalue weighted by atomic mass is 10.0. The maximum atomic E-state index is 13.3. The van der Waals surface area contributed by atoms with Gasteiger partial charge in [-0.1, -0.05) is 43.3 Å². The van der Waals surface area contributed by atoms with Crippen molar-refractivity contribution in [3.63, 3.8) is 0 Å². The lowest BCUT2D eigenvalue weighted by Gasteiger charge is -2.13. The second kappa shape index (κ2) is 10.4. The van der Waals surface area contributed by atoms with Crippen molar-refractivity contribution < 1.29 is 22.6 Å². The zero-order valence-electron chi connectivity index (χ0n) is 19.1. The topological polar surface area (TPSA) is 52.8 Å². The highest BCUT2D eigenvalue weighted by Crippen LogP contribution is 2.33. The standard InChI is InChI=1S/C26H23F3N2O3S/c1-3-14-34-23-19(5-4-6-21(23)33-2)11-12-20-22(24(32)31-13-15-35-25(31)30-20)18-9-7-17(8-10-18)16-26(27,28)29/h4-13,15H,3,14,16H2,1-2H3/b12-11+. The van der Waals surface area contributed by atoms with E-state index >= 15 is 0 Å². The highest BCUT2D eigenvalue weighted by Gasteiger charge is 2.27. The molecule has 0 fully saturated rings. The lowest BCUT2D eigenvalue weighted by molar-refractivity contribution is -0.127. The summed E-state index contributed by atoms with van der Waals surface area (Å²) in [5.74, 6) is 1.17. The summed E-state index contributed by atoms with van der Waals surface area (Å²) in [4.78, 5) is 18.5. The Morgan fingerprint density at radius 1 is 1.11 bits per heavy atom. The van der Waals surface area contributed by atoms with Gasteiger partial charge >= 0.3 is 6.18 Å². The van der Waals surface area contributed by atoms with Gasteiger partial charge in [-0.25, -0.2) is 4.98 Å². The summed E-state index contributed by atoms with van der Waals surface area (Å²) in [5, 5.41) is 1.76. The number of alkyl halides is 3. The fraction of sp³-hybridized carbons (Fsp3) is 0.231. The van der Waals surface area contributed by atoms with Crippen molar-refractivity contribution in [2.75, 3.05) is 13.7 Å². The molecule has 0 saturated heterocycles. The zero-order valence-corrected chi connectivity index (χ0v) is 19.9. The fourth-order valence-electron chi connectivity index (χ4n) is 3.66. The van der Waals surface area contributed by atoms with Crippen LogP contribution in [0.4, 0.5) is 13.2 Å². The van der Waals surface area contributed by atoms with Crippen molar-refractivity contribution in [1.82, 2.24) is 9.38 Å². The molecule has 0 unspecified atom stereocenters. The Morgan fingerprint density at radius 3 is 2.57 bits per heavy atom. The van der Waals surface area contributed by atoms with E-state index in [1.165, 1.54) is 40.0 Å². The van der Waals surface area contributed by atoms with Crippen LogP contribution < -0.4 is 15.0 Å². The van der Waals surface area contributed by atoms with Crippen LogP contribution in [0.2, 0.25) is 0 Å². The van der Waals surface area contributed by atoms with Crippen LogP contribution in [0.3, 0.4) is 0 Å². The zero-order chi connectivity index (χ0) is 25.0. The van der Waals surface area contributed by atoms with Gasteiger partial charge in [0, 0.05) is 17.1 Å². The molecule has 2 aromatic carbocycles. The Hall–Kier alpha value is -3.59. The summed E-state index contributed by atoms with van der Waals surface area (Å²) in [6.45, 7) is 2.52. The van der Waals surface area contributed by atoms with Crippen LogP contribution in [0.5, 0.6) is 11.5 Å². The van der Waals surface area contributed by atoms with Crippen LogP contribution in [-0.4, -0.2) is 29.3 Å². The van der Waals surface area contributed by atoms with Gasteiger partial charge in [-0.05, 0) is 35.8 Å². The summed E-state index contributed by atoms with van der Waals surface area (Å²) in [6, 6.07) is 11.3. The molecule has 0 radical (unpaired) electrons. The van der Waals surface area contributed by atoms with Crippen LogP contribution in [0.1, 0.15) is 30.2 Å².